The maximum atomic E-state index is 12.8. The number of likely N-dealkylation sites (tertiary alicyclic amines) is 1. The van der Waals surface area contributed by atoms with Crippen LogP contribution in [0.3, 0.4) is 0 Å². The van der Waals surface area contributed by atoms with Gasteiger partial charge in [-0.3, -0.25) is 14.6 Å². The number of pyridine rings is 1. The highest BCUT2D eigenvalue weighted by Gasteiger charge is 2.33. The fraction of sp³-hybridized carbons (Fsp3) is 0.304. The molecule has 1 N–H and O–H groups in total. The molecule has 2 aromatic heterocycles. The molecule has 4 rings (SSSR count). The summed E-state index contributed by atoms with van der Waals surface area (Å²) < 4.78 is 1.98. The van der Waals surface area contributed by atoms with Crippen LogP contribution in [0.15, 0.2) is 61.2 Å². The number of rotatable bonds is 6. The quantitative estimate of drug-likeness (QED) is 0.686. The summed E-state index contributed by atoms with van der Waals surface area (Å²) >= 11 is 0. The summed E-state index contributed by atoms with van der Waals surface area (Å²) in [5.74, 6) is 0.786. The van der Waals surface area contributed by atoms with E-state index in [1.54, 1.807) is 23.5 Å². The van der Waals surface area contributed by atoms with Gasteiger partial charge in [-0.15, -0.1) is 0 Å². The number of aryl methyl sites for hydroxylation is 2. The highest BCUT2D eigenvalue weighted by Crippen LogP contribution is 2.22. The minimum atomic E-state index is -0.415. The normalized spacial score (nSPS) is 15.9. The highest BCUT2D eigenvalue weighted by molar-refractivity contribution is 5.97. The molecule has 1 aliphatic rings. The third kappa shape index (κ3) is 4.40. The van der Waals surface area contributed by atoms with Crippen molar-refractivity contribution in [3.63, 3.8) is 0 Å². The van der Waals surface area contributed by atoms with E-state index in [1.165, 1.54) is 0 Å². The number of aromatic nitrogens is 3. The smallest absolute Gasteiger partial charge is 0.247 e. The predicted molar refractivity (Wildman–Crippen MR) is 114 cm³/mol. The van der Waals surface area contributed by atoms with Crippen molar-refractivity contribution in [3.05, 3.63) is 72.6 Å². The topological polar surface area (TPSA) is 80.1 Å². The van der Waals surface area contributed by atoms with Gasteiger partial charge in [-0.05, 0) is 62.1 Å². The molecule has 7 heteroatoms. The van der Waals surface area contributed by atoms with Crippen LogP contribution in [0.5, 0.6) is 0 Å². The Hall–Kier alpha value is -3.48. The molecular weight excluding hydrogens is 378 g/mol. The lowest BCUT2D eigenvalue weighted by atomic mass is 10.1. The van der Waals surface area contributed by atoms with E-state index in [9.17, 15) is 9.59 Å². The Morgan fingerprint density at radius 2 is 2.00 bits per heavy atom. The van der Waals surface area contributed by atoms with Crippen molar-refractivity contribution < 1.29 is 9.59 Å². The molecule has 1 aromatic carbocycles. The molecule has 1 aliphatic heterocycles. The van der Waals surface area contributed by atoms with Gasteiger partial charge in [0.05, 0.1) is 0 Å². The zero-order valence-electron chi connectivity index (χ0n) is 17.0. The first kappa shape index (κ1) is 19.8. The van der Waals surface area contributed by atoms with Crippen LogP contribution >= 0.6 is 0 Å². The fourth-order valence-electron chi connectivity index (χ4n) is 3.86. The Balaban J connectivity index is 1.36. The second kappa shape index (κ2) is 8.90. The predicted octanol–water partition coefficient (Wildman–Crippen LogP) is 3.14. The Bertz CT molecular complexity index is 1010. The molecule has 0 saturated carbocycles. The second-order valence-electron chi connectivity index (χ2n) is 7.49. The van der Waals surface area contributed by atoms with Crippen molar-refractivity contribution in [2.24, 2.45) is 0 Å². The van der Waals surface area contributed by atoms with Crippen molar-refractivity contribution in [1.29, 1.82) is 0 Å². The van der Waals surface area contributed by atoms with E-state index in [0.29, 0.717) is 25.8 Å². The zero-order valence-corrected chi connectivity index (χ0v) is 17.0. The summed E-state index contributed by atoms with van der Waals surface area (Å²) in [4.78, 5) is 35.6. The Morgan fingerprint density at radius 3 is 2.70 bits per heavy atom. The SMILES string of the molecule is Cc1nccn1-c1ccc(NC(=O)C2CCCN2C(=O)CCc2cccnc2)cc1. The second-order valence-corrected chi connectivity index (χ2v) is 7.49. The molecular formula is C23H25N5O2. The van der Waals surface area contributed by atoms with Crippen LogP contribution in [0.1, 0.15) is 30.7 Å². The molecule has 1 saturated heterocycles. The molecule has 3 aromatic rings. The van der Waals surface area contributed by atoms with Crippen LogP contribution in [-0.4, -0.2) is 43.8 Å². The van der Waals surface area contributed by atoms with Gasteiger partial charge in [0.2, 0.25) is 11.8 Å². The maximum absolute atomic E-state index is 12.8. The lowest BCUT2D eigenvalue weighted by molar-refractivity contribution is -0.136. The van der Waals surface area contributed by atoms with Crippen molar-refractivity contribution in [3.8, 4) is 5.69 Å². The monoisotopic (exact) mass is 403 g/mol. The fourth-order valence-corrected chi connectivity index (χ4v) is 3.86. The van der Waals surface area contributed by atoms with Crippen molar-refractivity contribution in [2.75, 3.05) is 11.9 Å². The Labute approximate surface area is 175 Å². The zero-order chi connectivity index (χ0) is 20.9. The molecule has 154 valence electrons. The van der Waals surface area contributed by atoms with E-state index >= 15 is 0 Å². The molecule has 30 heavy (non-hydrogen) atoms. The molecule has 0 aliphatic carbocycles. The number of carbonyl (C=O) groups excluding carboxylic acids is 2. The van der Waals surface area contributed by atoms with Crippen molar-refractivity contribution in [2.45, 2.75) is 38.6 Å². The van der Waals surface area contributed by atoms with Gasteiger partial charge >= 0.3 is 0 Å². The van der Waals surface area contributed by atoms with E-state index in [0.717, 1.165) is 29.2 Å². The van der Waals surface area contributed by atoms with E-state index in [4.69, 9.17) is 0 Å². The molecule has 1 fully saturated rings. The largest absolute Gasteiger partial charge is 0.331 e. The summed E-state index contributed by atoms with van der Waals surface area (Å²) in [5, 5.41) is 2.96. The number of carbonyl (C=O) groups is 2. The summed E-state index contributed by atoms with van der Waals surface area (Å²) in [6, 6.07) is 11.0. The van der Waals surface area contributed by atoms with Crippen LogP contribution in [0.25, 0.3) is 5.69 Å². The van der Waals surface area contributed by atoms with Gasteiger partial charge in [-0.25, -0.2) is 4.98 Å². The van der Waals surface area contributed by atoms with Gasteiger partial charge in [-0.2, -0.15) is 0 Å². The highest BCUT2D eigenvalue weighted by atomic mass is 16.2. The molecule has 2 amide bonds. The van der Waals surface area contributed by atoms with E-state index in [1.807, 2.05) is 54.1 Å². The third-order valence-electron chi connectivity index (χ3n) is 5.46. The molecule has 1 atom stereocenters. The van der Waals surface area contributed by atoms with Crippen LogP contribution < -0.4 is 5.32 Å². The summed E-state index contributed by atoms with van der Waals surface area (Å²) in [6.07, 6.45) is 9.70. The first-order chi connectivity index (χ1) is 14.6. The number of nitrogens with zero attached hydrogens (tertiary/aromatic N) is 4. The summed E-state index contributed by atoms with van der Waals surface area (Å²) in [5.41, 5.74) is 2.73. The molecule has 3 heterocycles. The van der Waals surface area contributed by atoms with Gasteiger partial charge in [0.1, 0.15) is 11.9 Å². The molecule has 0 radical (unpaired) electrons. The first-order valence-corrected chi connectivity index (χ1v) is 10.2. The number of hydrogen-bond acceptors (Lipinski definition) is 4. The number of nitrogens with one attached hydrogen (secondary N) is 1. The van der Waals surface area contributed by atoms with Gasteiger partial charge < -0.3 is 14.8 Å². The maximum Gasteiger partial charge on any atom is 0.247 e. The summed E-state index contributed by atoms with van der Waals surface area (Å²) in [7, 11) is 0. The average molecular weight is 403 g/mol. The lowest BCUT2D eigenvalue weighted by Crippen LogP contribution is -2.43. The summed E-state index contributed by atoms with van der Waals surface area (Å²) in [6.45, 7) is 2.57. The molecule has 0 bridgehead atoms. The van der Waals surface area contributed by atoms with Gasteiger partial charge in [0.25, 0.3) is 0 Å². The van der Waals surface area contributed by atoms with E-state index in [2.05, 4.69) is 15.3 Å². The minimum absolute atomic E-state index is 0.0161. The van der Waals surface area contributed by atoms with Gasteiger partial charge in [0, 0.05) is 49.1 Å². The van der Waals surface area contributed by atoms with Crippen LogP contribution in [0, 0.1) is 6.92 Å². The van der Waals surface area contributed by atoms with Crippen molar-refractivity contribution in [1.82, 2.24) is 19.4 Å². The van der Waals surface area contributed by atoms with Crippen LogP contribution in [0.2, 0.25) is 0 Å². The number of amides is 2. The Morgan fingerprint density at radius 1 is 1.17 bits per heavy atom. The van der Waals surface area contributed by atoms with E-state index < -0.39 is 6.04 Å². The van der Waals surface area contributed by atoms with E-state index in [-0.39, 0.29) is 11.8 Å². The van der Waals surface area contributed by atoms with Gasteiger partial charge in [0.15, 0.2) is 0 Å². The number of hydrogen-bond donors (Lipinski definition) is 1. The van der Waals surface area contributed by atoms with Crippen LogP contribution in [-0.2, 0) is 16.0 Å². The number of imidazole rings is 1. The number of anilines is 1. The minimum Gasteiger partial charge on any atom is -0.331 e. The molecule has 0 spiro atoms. The van der Waals surface area contributed by atoms with Crippen LogP contribution in [0.4, 0.5) is 5.69 Å². The average Bonchev–Trinajstić information content (AvgIpc) is 3.43. The first-order valence-electron chi connectivity index (χ1n) is 10.2. The third-order valence-corrected chi connectivity index (χ3v) is 5.46. The molecule has 1 unspecified atom stereocenters. The van der Waals surface area contributed by atoms with Crippen molar-refractivity contribution >= 4 is 17.5 Å². The van der Waals surface area contributed by atoms with Gasteiger partial charge in [-0.1, -0.05) is 6.07 Å². The molecule has 7 nitrogen and oxygen atoms in total. The standard InChI is InChI=1S/C23H25N5O2/c1-17-25-13-15-27(17)20-9-7-19(8-10-20)26-23(30)21-5-3-14-28(21)22(29)11-6-18-4-2-12-24-16-18/h2,4,7-10,12-13,15-16,21H,3,5-6,11,14H2,1H3,(H,26,30). The Kier molecular flexibility index (Phi) is 5.88. The number of benzene rings is 1. The lowest BCUT2D eigenvalue weighted by Gasteiger charge is -2.24.